The number of rotatable bonds is 1. The Morgan fingerprint density at radius 2 is 1.52 bits per heavy atom. The van der Waals surface area contributed by atoms with Crippen molar-refractivity contribution in [2.45, 2.75) is 4.90 Å². The summed E-state index contributed by atoms with van der Waals surface area (Å²) in [6.07, 6.45) is 3.14. The van der Waals surface area contributed by atoms with Gasteiger partial charge in [0, 0.05) is 17.8 Å². The van der Waals surface area contributed by atoms with E-state index in [0.29, 0.717) is 0 Å². The quantitative estimate of drug-likeness (QED) is 0.549. The van der Waals surface area contributed by atoms with Gasteiger partial charge in [-0.3, -0.25) is 9.54 Å². The zero-order chi connectivity index (χ0) is 15.3. The van der Waals surface area contributed by atoms with Crippen molar-refractivity contribution in [3.8, 4) is 0 Å². The largest absolute Gasteiger partial charge is 0.297 e. The van der Waals surface area contributed by atoms with Crippen LogP contribution in [0.5, 0.6) is 0 Å². The molecule has 3 rings (SSSR count). The van der Waals surface area contributed by atoms with E-state index in [2.05, 4.69) is 22.1 Å². The van der Waals surface area contributed by atoms with Crippen LogP contribution >= 0.6 is 11.6 Å². The van der Waals surface area contributed by atoms with Gasteiger partial charge in [0.25, 0.3) is 10.1 Å². The molecule has 5 nitrogen and oxygen atoms in total. The van der Waals surface area contributed by atoms with E-state index in [4.69, 9.17) is 16.2 Å². The third kappa shape index (κ3) is 4.22. The second kappa shape index (κ2) is 6.62. The van der Waals surface area contributed by atoms with Crippen molar-refractivity contribution in [2.75, 3.05) is 0 Å². The Kier molecular flexibility index (Phi) is 4.85. The third-order valence-electron chi connectivity index (χ3n) is 2.52. The van der Waals surface area contributed by atoms with Gasteiger partial charge in [-0.05, 0) is 24.3 Å². The number of pyridine rings is 2. The van der Waals surface area contributed by atoms with Crippen molar-refractivity contribution in [3.63, 3.8) is 0 Å². The van der Waals surface area contributed by atoms with Gasteiger partial charge in [-0.25, -0.2) is 4.98 Å². The van der Waals surface area contributed by atoms with Crippen LogP contribution in [-0.4, -0.2) is 22.9 Å². The number of nitrogens with zero attached hydrogens (tertiary/aromatic N) is 2. The first kappa shape index (κ1) is 15.4. The molecule has 0 saturated heterocycles. The maximum Gasteiger partial charge on any atom is 0.297 e. The number of hydrogen-bond donors (Lipinski definition) is 1. The number of halogens is 1. The van der Waals surface area contributed by atoms with Crippen molar-refractivity contribution in [2.24, 2.45) is 0 Å². The zero-order valence-corrected chi connectivity index (χ0v) is 12.3. The molecule has 0 saturated carbocycles. The number of hydrogen-bond acceptors (Lipinski definition) is 4. The molecule has 1 aromatic carbocycles. The second-order valence-electron chi connectivity index (χ2n) is 3.96. The number of para-hydroxylation sites is 1. The lowest BCUT2D eigenvalue weighted by Gasteiger charge is -1.96. The first-order chi connectivity index (χ1) is 9.98. The van der Waals surface area contributed by atoms with Crippen LogP contribution in [0.3, 0.4) is 0 Å². The summed E-state index contributed by atoms with van der Waals surface area (Å²) in [5, 5.41) is 0.972. The summed E-state index contributed by atoms with van der Waals surface area (Å²) < 4.78 is 29.5. The van der Waals surface area contributed by atoms with Crippen molar-refractivity contribution in [1.29, 1.82) is 0 Å². The molecule has 0 aliphatic rings. The lowest BCUT2D eigenvalue weighted by Crippen LogP contribution is -1.99. The molecule has 0 spiro atoms. The van der Waals surface area contributed by atoms with E-state index in [1.807, 2.05) is 30.5 Å². The molecule has 0 unspecified atom stereocenters. The monoisotopic (exact) mass is 322 g/mol. The van der Waals surface area contributed by atoms with Crippen LogP contribution in [0, 0.1) is 0 Å². The van der Waals surface area contributed by atoms with Crippen LogP contribution in [-0.2, 0) is 10.1 Å². The fraction of sp³-hybridized carbons (Fsp3) is 0. The highest BCUT2D eigenvalue weighted by Gasteiger charge is 2.13. The van der Waals surface area contributed by atoms with Gasteiger partial charge in [-0.2, -0.15) is 8.42 Å². The molecule has 2 heterocycles. The minimum atomic E-state index is -4.23. The lowest BCUT2D eigenvalue weighted by molar-refractivity contribution is 0.483. The minimum Gasteiger partial charge on any atom is -0.282 e. The molecular formula is C14H11ClN2O3S. The summed E-state index contributed by atoms with van der Waals surface area (Å²) in [7, 11) is -4.23. The van der Waals surface area contributed by atoms with Gasteiger partial charge in [0.15, 0.2) is 0 Å². The number of aromatic nitrogens is 2. The number of benzene rings is 1. The third-order valence-corrected chi connectivity index (χ3v) is 3.81. The van der Waals surface area contributed by atoms with Crippen LogP contribution in [0.15, 0.2) is 65.8 Å². The highest BCUT2D eigenvalue weighted by atomic mass is 35.5. The molecule has 0 aliphatic heterocycles. The summed E-state index contributed by atoms with van der Waals surface area (Å²) in [6, 6.07) is 14.6. The van der Waals surface area contributed by atoms with Crippen LogP contribution in [0.2, 0.25) is 5.15 Å². The predicted molar refractivity (Wildman–Crippen MR) is 80.8 cm³/mol. The number of fused-ring (bicyclic) bond motifs is 1. The highest BCUT2D eigenvalue weighted by molar-refractivity contribution is 7.86. The van der Waals surface area contributed by atoms with Gasteiger partial charge < -0.3 is 0 Å². The summed E-state index contributed by atoms with van der Waals surface area (Å²) >= 11 is 5.36. The molecule has 2 aromatic heterocycles. The lowest BCUT2D eigenvalue weighted by atomic mass is 10.2. The molecule has 1 N–H and O–H groups in total. The van der Waals surface area contributed by atoms with E-state index >= 15 is 0 Å². The Hall–Kier alpha value is -2.02. The fourth-order valence-electron chi connectivity index (χ4n) is 1.58. The van der Waals surface area contributed by atoms with Gasteiger partial charge in [0.05, 0.1) is 5.52 Å². The fourth-order valence-corrected chi connectivity index (χ4v) is 2.51. The van der Waals surface area contributed by atoms with E-state index < -0.39 is 10.1 Å². The van der Waals surface area contributed by atoms with Crippen molar-refractivity contribution in [3.05, 3.63) is 66.1 Å². The summed E-state index contributed by atoms with van der Waals surface area (Å²) in [5.41, 5.74) is 1.06. The van der Waals surface area contributed by atoms with Gasteiger partial charge in [-0.1, -0.05) is 35.9 Å². The van der Waals surface area contributed by atoms with E-state index in [1.165, 1.54) is 23.7 Å². The van der Waals surface area contributed by atoms with E-state index in [1.54, 1.807) is 0 Å². The van der Waals surface area contributed by atoms with Crippen LogP contribution < -0.4 is 0 Å². The van der Waals surface area contributed by atoms with E-state index in [9.17, 15) is 8.42 Å². The van der Waals surface area contributed by atoms with Crippen LogP contribution in [0.4, 0.5) is 0 Å². The molecular weight excluding hydrogens is 312 g/mol. The summed E-state index contributed by atoms with van der Waals surface area (Å²) in [6.45, 7) is 0. The molecule has 0 aliphatic carbocycles. The normalized spacial score (nSPS) is 10.8. The Balaban J connectivity index is 0.000000154. The van der Waals surface area contributed by atoms with Gasteiger partial charge in [0.2, 0.25) is 0 Å². The summed E-state index contributed by atoms with van der Waals surface area (Å²) in [5.74, 6) is 0. The molecule has 0 radical (unpaired) electrons. The smallest absolute Gasteiger partial charge is 0.282 e. The van der Waals surface area contributed by atoms with Gasteiger partial charge in [0.1, 0.15) is 10.0 Å². The van der Waals surface area contributed by atoms with Crippen molar-refractivity contribution < 1.29 is 13.0 Å². The van der Waals surface area contributed by atoms with Crippen molar-refractivity contribution in [1.82, 2.24) is 9.97 Å². The Morgan fingerprint density at radius 1 is 0.905 bits per heavy atom. The SMILES string of the molecule is O=S(=O)(O)c1cccnc1Cl.c1ccc2ncccc2c1. The first-order valence-corrected chi connectivity index (χ1v) is 7.68. The average molecular weight is 323 g/mol. The Morgan fingerprint density at radius 3 is 2.14 bits per heavy atom. The average Bonchev–Trinajstić information content (AvgIpc) is 2.47. The molecule has 0 fully saturated rings. The zero-order valence-electron chi connectivity index (χ0n) is 10.7. The van der Waals surface area contributed by atoms with Crippen LogP contribution in [0.25, 0.3) is 10.9 Å². The standard InChI is InChI=1S/C9H7N.C5H4ClNO3S/c1-2-6-9-8(4-1)5-3-7-10-9;6-5-4(11(8,9)10)2-1-3-7-5/h1-7H;1-3H,(H,8,9,10). The highest BCUT2D eigenvalue weighted by Crippen LogP contribution is 2.16. The maximum atomic E-state index is 10.5. The van der Waals surface area contributed by atoms with Gasteiger partial charge in [-0.15, -0.1) is 0 Å². The molecule has 3 aromatic rings. The Bertz CT molecular complexity index is 788. The van der Waals surface area contributed by atoms with Crippen LogP contribution in [0.1, 0.15) is 0 Å². The second-order valence-corrected chi connectivity index (χ2v) is 5.71. The molecule has 7 heteroatoms. The van der Waals surface area contributed by atoms with Crippen molar-refractivity contribution >= 4 is 32.6 Å². The predicted octanol–water partition coefficient (Wildman–Crippen LogP) is 3.22. The maximum absolute atomic E-state index is 10.5. The molecule has 21 heavy (non-hydrogen) atoms. The topological polar surface area (TPSA) is 80.2 Å². The van der Waals surface area contributed by atoms with E-state index in [-0.39, 0.29) is 10.0 Å². The summed E-state index contributed by atoms with van der Waals surface area (Å²) in [4.78, 5) is 7.28. The van der Waals surface area contributed by atoms with E-state index in [0.717, 1.165) is 5.52 Å². The molecule has 0 bridgehead atoms. The Labute approximate surface area is 127 Å². The first-order valence-electron chi connectivity index (χ1n) is 5.86. The molecule has 0 atom stereocenters. The van der Waals surface area contributed by atoms with Gasteiger partial charge >= 0.3 is 0 Å². The molecule has 108 valence electrons. The molecule has 0 amide bonds. The minimum absolute atomic E-state index is 0.227.